The van der Waals surface area contributed by atoms with Crippen LogP contribution in [0.25, 0.3) is 0 Å². The fraction of sp³-hybridized carbons (Fsp3) is 0.231. The fourth-order valence-corrected chi connectivity index (χ4v) is 2.77. The number of nitrogens with zero attached hydrogens (tertiary/aromatic N) is 2. The van der Waals surface area contributed by atoms with E-state index in [1.54, 1.807) is 12.1 Å². The number of carbonyl (C=O) groups is 1. The van der Waals surface area contributed by atoms with Crippen molar-refractivity contribution in [2.75, 3.05) is 0 Å². The van der Waals surface area contributed by atoms with Crippen molar-refractivity contribution in [3.8, 4) is 0 Å². The summed E-state index contributed by atoms with van der Waals surface area (Å²) in [5.41, 5.74) is 1.43. The van der Waals surface area contributed by atoms with Crippen LogP contribution in [0.3, 0.4) is 0 Å². The van der Waals surface area contributed by atoms with E-state index >= 15 is 0 Å². The summed E-state index contributed by atoms with van der Waals surface area (Å²) >= 11 is 0. The second-order valence-electron chi connectivity index (χ2n) is 4.38. The Labute approximate surface area is 111 Å². The van der Waals surface area contributed by atoms with Gasteiger partial charge in [-0.05, 0) is 32.0 Å². The maximum atomic E-state index is 12.3. The second kappa shape index (κ2) is 4.97. The van der Waals surface area contributed by atoms with Crippen molar-refractivity contribution in [2.24, 2.45) is 0 Å². The van der Waals surface area contributed by atoms with E-state index in [1.807, 2.05) is 6.92 Å². The van der Waals surface area contributed by atoms with Gasteiger partial charge >= 0.3 is 0 Å². The highest BCUT2D eigenvalue weighted by atomic mass is 32.2. The largest absolute Gasteiger partial charge is 0.300 e. The van der Waals surface area contributed by atoms with Crippen LogP contribution in [0.2, 0.25) is 0 Å². The number of benzene rings is 1. The predicted molar refractivity (Wildman–Crippen MR) is 70.4 cm³/mol. The van der Waals surface area contributed by atoms with Crippen molar-refractivity contribution < 1.29 is 13.2 Å². The van der Waals surface area contributed by atoms with Crippen molar-refractivity contribution in [3.05, 3.63) is 47.8 Å². The lowest BCUT2D eigenvalue weighted by molar-refractivity contribution is -0.116. The average molecular weight is 278 g/mol. The highest BCUT2D eigenvalue weighted by Gasteiger charge is 2.18. The zero-order chi connectivity index (χ0) is 14.0. The maximum absolute atomic E-state index is 12.3. The van der Waals surface area contributed by atoms with Gasteiger partial charge in [-0.3, -0.25) is 4.79 Å². The lowest BCUT2D eigenvalue weighted by Crippen LogP contribution is -2.14. The minimum Gasteiger partial charge on any atom is -0.300 e. The van der Waals surface area contributed by atoms with Gasteiger partial charge in [0.2, 0.25) is 0 Å². The number of carbonyl (C=O) groups excluding carboxylic acids is 1. The summed E-state index contributed by atoms with van der Waals surface area (Å²) < 4.78 is 25.4. The van der Waals surface area contributed by atoms with Crippen LogP contribution in [0.4, 0.5) is 0 Å². The summed E-state index contributed by atoms with van der Waals surface area (Å²) in [5.74, 6) is -0.0574. The standard InChI is InChI=1S/C13H14N2O3S/c1-10-3-5-13(6-4-10)19(17,18)15-8-7-12(14-15)9-11(2)16/h3-8H,9H2,1-2H3. The predicted octanol–water partition coefficient (Wildman–Crippen LogP) is 1.56. The van der Waals surface area contributed by atoms with Gasteiger partial charge in [0.15, 0.2) is 0 Å². The van der Waals surface area contributed by atoms with E-state index in [9.17, 15) is 13.2 Å². The van der Waals surface area contributed by atoms with E-state index in [4.69, 9.17) is 0 Å². The molecule has 0 bridgehead atoms. The van der Waals surface area contributed by atoms with E-state index in [0.29, 0.717) is 5.69 Å². The van der Waals surface area contributed by atoms with Gasteiger partial charge in [-0.25, -0.2) is 0 Å². The van der Waals surface area contributed by atoms with Gasteiger partial charge in [-0.15, -0.1) is 0 Å². The van der Waals surface area contributed by atoms with Gasteiger partial charge < -0.3 is 0 Å². The Bertz CT molecular complexity index is 700. The Balaban J connectivity index is 2.37. The summed E-state index contributed by atoms with van der Waals surface area (Å²) in [6.45, 7) is 3.32. The smallest absolute Gasteiger partial charge is 0.282 e. The molecule has 2 rings (SSSR count). The summed E-state index contributed by atoms with van der Waals surface area (Å²) in [4.78, 5) is 11.2. The Morgan fingerprint density at radius 2 is 1.84 bits per heavy atom. The molecule has 1 aromatic heterocycles. The Hall–Kier alpha value is -1.95. The van der Waals surface area contributed by atoms with Crippen LogP contribution < -0.4 is 0 Å². The van der Waals surface area contributed by atoms with Crippen molar-refractivity contribution in [3.63, 3.8) is 0 Å². The summed E-state index contributed by atoms with van der Waals surface area (Å²) in [6, 6.07) is 8.07. The normalized spacial score (nSPS) is 11.5. The zero-order valence-electron chi connectivity index (χ0n) is 10.7. The van der Waals surface area contributed by atoms with Crippen LogP contribution in [0, 0.1) is 6.92 Å². The minimum absolute atomic E-state index is 0.0574. The van der Waals surface area contributed by atoms with E-state index in [2.05, 4.69) is 5.10 Å². The fourth-order valence-electron chi connectivity index (χ4n) is 1.64. The average Bonchev–Trinajstić information content (AvgIpc) is 2.78. The van der Waals surface area contributed by atoms with Crippen LogP contribution in [0.1, 0.15) is 18.2 Å². The molecule has 100 valence electrons. The first-order valence-electron chi connectivity index (χ1n) is 5.76. The number of hydrogen-bond acceptors (Lipinski definition) is 4. The number of rotatable bonds is 4. The van der Waals surface area contributed by atoms with Gasteiger partial charge in [0.25, 0.3) is 10.0 Å². The van der Waals surface area contributed by atoms with Gasteiger partial charge in [-0.1, -0.05) is 17.7 Å². The molecule has 0 fully saturated rings. The van der Waals surface area contributed by atoms with Crippen LogP contribution in [0.5, 0.6) is 0 Å². The number of hydrogen-bond donors (Lipinski definition) is 0. The molecule has 0 saturated carbocycles. The SMILES string of the molecule is CC(=O)Cc1ccn(S(=O)(=O)c2ccc(C)cc2)n1. The van der Waals surface area contributed by atoms with Gasteiger partial charge in [-0.2, -0.15) is 17.6 Å². The van der Waals surface area contributed by atoms with Crippen molar-refractivity contribution in [1.82, 2.24) is 9.19 Å². The first-order valence-corrected chi connectivity index (χ1v) is 7.20. The molecular formula is C13H14N2O3S. The molecule has 1 aromatic carbocycles. The molecule has 0 aliphatic heterocycles. The number of aryl methyl sites for hydroxylation is 1. The summed E-state index contributed by atoms with van der Waals surface area (Å²) in [5, 5.41) is 3.93. The topological polar surface area (TPSA) is 69.0 Å². The van der Waals surface area contributed by atoms with Crippen molar-refractivity contribution in [1.29, 1.82) is 0 Å². The lowest BCUT2D eigenvalue weighted by Gasteiger charge is -2.04. The van der Waals surface area contributed by atoms with Gasteiger partial charge in [0.05, 0.1) is 17.0 Å². The number of ketones is 1. The summed E-state index contributed by atoms with van der Waals surface area (Å²) in [6.07, 6.45) is 1.49. The van der Waals surface area contributed by atoms with Crippen molar-refractivity contribution in [2.45, 2.75) is 25.2 Å². The molecule has 1 heterocycles. The quantitative estimate of drug-likeness (QED) is 0.851. The van der Waals surface area contributed by atoms with Gasteiger partial charge in [0.1, 0.15) is 5.78 Å². The molecule has 0 N–H and O–H groups in total. The third-order valence-corrected chi connectivity index (χ3v) is 4.18. The summed E-state index contributed by atoms with van der Waals surface area (Å²) in [7, 11) is -3.68. The molecule has 19 heavy (non-hydrogen) atoms. The second-order valence-corrected chi connectivity index (χ2v) is 6.17. The molecule has 0 radical (unpaired) electrons. The minimum atomic E-state index is -3.68. The molecule has 0 aliphatic rings. The Kier molecular flexibility index (Phi) is 3.53. The van der Waals surface area contributed by atoms with E-state index in [1.165, 1.54) is 31.3 Å². The maximum Gasteiger partial charge on any atom is 0.282 e. The molecule has 0 atom stereocenters. The van der Waals surface area contributed by atoms with Crippen LogP contribution in [0.15, 0.2) is 41.4 Å². The monoisotopic (exact) mass is 278 g/mol. The van der Waals surface area contributed by atoms with Crippen LogP contribution >= 0.6 is 0 Å². The van der Waals surface area contributed by atoms with Crippen molar-refractivity contribution >= 4 is 15.8 Å². The highest BCUT2D eigenvalue weighted by molar-refractivity contribution is 7.89. The molecule has 0 spiro atoms. The van der Waals surface area contributed by atoms with E-state index in [0.717, 1.165) is 9.65 Å². The molecule has 0 aliphatic carbocycles. The van der Waals surface area contributed by atoms with Gasteiger partial charge in [0, 0.05) is 6.20 Å². The number of Topliss-reactive ketones (excluding diaryl/α,β-unsaturated/α-hetero) is 1. The first kappa shape index (κ1) is 13.5. The third-order valence-electron chi connectivity index (χ3n) is 2.62. The molecule has 0 amide bonds. The molecule has 0 unspecified atom stereocenters. The zero-order valence-corrected chi connectivity index (χ0v) is 11.5. The highest BCUT2D eigenvalue weighted by Crippen LogP contribution is 2.14. The Morgan fingerprint density at radius 1 is 1.21 bits per heavy atom. The number of aromatic nitrogens is 2. The molecule has 0 saturated heterocycles. The van der Waals surface area contributed by atoms with Crippen LogP contribution in [-0.4, -0.2) is 23.4 Å². The molecule has 6 heteroatoms. The Morgan fingerprint density at radius 3 is 2.42 bits per heavy atom. The molecular weight excluding hydrogens is 264 g/mol. The molecule has 5 nitrogen and oxygen atoms in total. The third kappa shape index (κ3) is 2.90. The first-order chi connectivity index (χ1) is 8.89. The lowest BCUT2D eigenvalue weighted by atomic mass is 10.2. The van der Waals surface area contributed by atoms with Crippen LogP contribution in [-0.2, 0) is 21.2 Å². The molecule has 2 aromatic rings. The van der Waals surface area contributed by atoms with E-state index in [-0.39, 0.29) is 17.1 Å². The van der Waals surface area contributed by atoms with E-state index < -0.39 is 10.0 Å².